The molecule has 1 aliphatic heterocycles. The lowest BCUT2D eigenvalue weighted by atomic mass is 10.2. The van der Waals surface area contributed by atoms with Gasteiger partial charge < -0.3 is 19.9 Å². The summed E-state index contributed by atoms with van der Waals surface area (Å²) < 4.78 is 32.6. The fraction of sp³-hybridized carbons (Fsp3) is 0.429. The maximum atomic E-state index is 12.7. The molecule has 174 valence electrons. The number of ether oxygens (including phenoxy) is 1. The molecule has 2 N–H and O–H groups in total. The molecule has 1 fully saturated rings. The Morgan fingerprint density at radius 3 is 2.47 bits per heavy atom. The molecule has 2 aromatic rings. The smallest absolute Gasteiger partial charge is 0.250 e. The maximum absolute atomic E-state index is 12.7. The molecule has 11 heteroatoms. The number of amides is 2. The number of sulfonamides is 1. The van der Waals surface area contributed by atoms with Crippen LogP contribution in [0.2, 0.25) is 0 Å². The number of likely N-dealkylation sites (N-methyl/N-ethyl adjacent to an activating group) is 1. The van der Waals surface area contributed by atoms with Gasteiger partial charge in [0.1, 0.15) is 4.21 Å². The third-order valence-corrected chi connectivity index (χ3v) is 7.96. The Labute approximate surface area is 192 Å². The number of benzene rings is 1. The van der Waals surface area contributed by atoms with E-state index in [0.29, 0.717) is 18.9 Å². The summed E-state index contributed by atoms with van der Waals surface area (Å²) in [5.74, 6) is -0.821. The minimum atomic E-state index is -3.78. The Hall–Kier alpha value is -2.47. The first-order valence-corrected chi connectivity index (χ1v) is 12.7. The average molecular weight is 481 g/mol. The van der Waals surface area contributed by atoms with Gasteiger partial charge in [0.15, 0.2) is 0 Å². The number of carbonyl (C=O) groups excluding carboxylic acids is 2. The van der Waals surface area contributed by atoms with Gasteiger partial charge in [-0.2, -0.15) is 4.72 Å². The summed E-state index contributed by atoms with van der Waals surface area (Å²) in [5.41, 5.74) is 1.69. The highest BCUT2D eigenvalue weighted by atomic mass is 32.2. The second-order valence-corrected chi connectivity index (χ2v) is 10.2. The molecule has 1 saturated heterocycles. The van der Waals surface area contributed by atoms with Crippen LogP contribution in [0.3, 0.4) is 0 Å². The second-order valence-electron chi connectivity index (χ2n) is 7.32. The SMILES string of the molecule is CCN(CC(=O)Nc1ccc(N2CCOCC2)cc1)C(=O)C(C)NS(=O)(=O)c1cccs1. The van der Waals surface area contributed by atoms with Crippen LogP contribution in [-0.4, -0.2) is 70.6 Å². The van der Waals surface area contributed by atoms with Crippen molar-refractivity contribution >= 4 is 44.5 Å². The fourth-order valence-corrected chi connectivity index (χ4v) is 5.53. The third-order valence-electron chi connectivity index (χ3n) is 5.02. The van der Waals surface area contributed by atoms with Crippen LogP contribution >= 0.6 is 11.3 Å². The summed E-state index contributed by atoms with van der Waals surface area (Å²) in [4.78, 5) is 28.8. The Kier molecular flexibility index (Phi) is 8.24. The van der Waals surface area contributed by atoms with Crippen LogP contribution in [0, 0.1) is 0 Å². The number of hydrogen-bond donors (Lipinski definition) is 2. The van der Waals surface area contributed by atoms with Crippen molar-refractivity contribution in [2.45, 2.75) is 24.1 Å². The Morgan fingerprint density at radius 1 is 1.19 bits per heavy atom. The van der Waals surface area contributed by atoms with E-state index in [-0.39, 0.29) is 23.2 Å². The molecular formula is C21H28N4O5S2. The molecule has 0 spiro atoms. The van der Waals surface area contributed by atoms with Crippen molar-refractivity contribution < 1.29 is 22.7 Å². The van der Waals surface area contributed by atoms with Crippen LogP contribution in [0.15, 0.2) is 46.0 Å². The summed E-state index contributed by atoms with van der Waals surface area (Å²) in [7, 11) is -3.78. The van der Waals surface area contributed by atoms with Gasteiger partial charge in [0.25, 0.3) is 10.0 Å². The molecule has 32 heavy (non-hydrogen) atoms. The number of hydrogen-bond acceptors (Lipinski definition) is 7. The normalized spacial score (nSPS) is 15.2. The molecule has 1 unspecified atom stereocenters. The van der Waals surface area contributed by atoms with Crippen molar-refractivity contribution in [2.75, 3.05) is 49.6 Å². The van der Waals surface area contributed by atoms with E-state index in [9.17, 15) is 18.0 Å². The van der Waals surface area contributed by atoms with E-state index < -0.39 is 22.0 Å². The molecule has 2 heterocycles. The predicted molar refractivity (Wildman–Crippen MR) is 124 cm³/mol. The molecule has 1 aromatic carbocycles. The van der Waals surface area contributed by atoms with Crippen molar-refractivity contribution in [3.63, 3.8) is 0 Å². The van der Waals surface area contributed by atoms with E-state index in [1.54, 1.807) is 18.4 Å². The number of nitrogens with one attached hydrogen (secondary N) is 2. The largest absolute Gasteiger partial charge is 0.378 e. The second kappa shape index (κ2) is 10.9. The average Bonchev–Trinajstić information content (AvgIpc) is 3.34. The van der Waals surface area contributed by atoms with Gasteiger partial charge >= 0.3 is 0 Å². The summed E-state index contributed by atoms with van der Waals surface area (Å²) in [6.07, 6.45) is 0. The Bertz CT molecular complexity index is 1000. The highest BCUT2D eigenvalue weighted by Crippen LogP contribution is 2.19. The molecule has 1 aromatic heterocycles. The zero-order valence-electron chi connectivity index (χ0n) is 18.1. The number of thiophene rings is 1. The quantitative estimate of drug-likeness (QED) is 0.566. The van der Waals surface area contributed by atoms with Crippen LogP contribution in [0.25, 0.3) is 0 Å². The number of morpholine rings is 1. The topological polar surface area (TPSA) is 108 Å². The van der Waals surface area contributed by atoms with Crippen LogP contribution in [0.1, 0.15) is 13.8 Å². The first-order valence-electron chi connectivity index (χ1n) is 10.4. The number of rotatable bonds is 9. The van der Waals surface area contributed by atoms with Crippen LogP contribution in [0.4, 0.5) is 11.4 Å². The third kappa shape index (κ3) is 6.28. The lowest BCUT2D eigenvalue weighted by Crippen LogP contribution is -2.48. The number of anilines is 2. The predicted octanol–water partition coefficient (Wildman–Crippen LogP) is 1.74. The van der Waals surface area contributed by atoms with Gasteiger partial charge in [-0.3, -0.25) is 9.59 Å². The first kappa shape index (κ1) is 24.2. The van der Waals surface area contributed by atoms with Crippen molar-refractivity contribution in [3.8, 4) is 0 Å². The summed E-state index contributed by atoms with van der Waals surface area (Å²) in [6, 6.07) is 9.61. The van der Waals surface area contributed by atoms with Crippen molar-refractivity contribution in [2.24, 2.45) is 0 Å². The minimum Gasteiger partial charge on any atom is -0.378 e. The molecule has 0 saturated carbocycles. The van der Waals surface area contributed by atoms with Crippen LogP contribution in [-0.2, 0) is 24.3 Å². The Morgan fingerprint density at radius 2 is 1.88 bits per heavy atom. The molecule has 2 amide bonds. The van der Waals surface area contributed by atoms with Crippen LogP contribution < -0.4 is 14.9 Å². The highest BCUT2D eigenvalue weighted by molar-refractivity contribution is 7.91. The number of carbonyl (C=O) groups is 2. The molecule has 3 rings (SSSR count). The molecule has 0 radical (unpaired) electrons. The van der Waals surface area contributed by atoms with Crippen molar-refractivity contribution in [1.82, 2.24) is 9.62 Å². The van der Waals surface area contributed by atoms with Gasteiger partial charge in [0.05, 0.1) is 25.8 Å². The lowest BCUT2D eigenvalue weighted by molar-refractivity contribution is -0.135. The molecule has 0 aliphatic carbocycles. The zero-order valence-corrected chi connectivity index (χ0v) is 19.7. The molecule has 0 bridgehead atoms. The minimum absolute atomic E-state index is 0.137. The molecule has 9 nitrogen and oxygen atoms in total. The fourth-order valence-electron chi connectivity index (χ4n) is 3.33. The Balaban J connectivity index is 1.54. The lowest BCUT2D eigenvalue weighted by Gasteiger charge is -2.29. The molecule has 1 atom stereocenters. The maximum Gasteiger partial charge on any atom is 0.250 e. The van der Waals surface area contributed by atoms with E-state index >= 15 is 0 Å². The summed E-state index contributed by atoms with van der Waals surface area (Å²) in [6.45, 7) is 6.35. The highest BCUT2D eigenvalue weighted by Gasteiger charge is 2.27. The summed E-state index contributed by atoms with van der Waals surface area (Å²) in [5, 5.41) is 4.44. The van der Waals surface area contributed by atoms with E-state index in [0.717, 1.165) is 30.1 Å². The van der Waals surface area contributed by atoms with Gasteiger partial charge in [-0.05, 0) is 49.6 Å². The van der Waals surface area contributed by atoms with E-state index in [1.807, 2.05) is 24.3 Å². The molecule has 1 aliphatic rings. The zero-order chi connectivity index (χ0) is 23.1. The van der Waals surface area contributed by atoms with Gasteiger partial charge in [-0.1, -0.05) is 6.07 Å². The van der Waals surface area contributed by atoms with E-state index in [2.05, 4.69) is 14.9 Å². The van der Waals surface area contributed by atoms with Crippen molar-refractivity contribution in [1.29, 1.82) is 0 Å². The van der Waals surface area contributed by atoms with Gasteiger partial charge in [-0.25, -0.2) is 8.42 Å². The van der Waals surface area contributed by atoms with E-state index in [4.69, 9.17) is 4.74 Å². The van der Waals surface area contributed by atoms with Gasteiger partial charge in [0.2, 0.25) is 11.8 Å². The standard InChI is InChI=1S/C21H28N4O5S2/c1-3-24(21(27)16(2)23-32(28,29)20-5-4-14-31-20)15-19(26)22-17-6-8-18(9-7-17)25-10-12-30-13-11-25/h4-9,14,16,23H,3,10-13,15H2,1-2H3,(H,22,26). The molecular weight excluding hydrogens is 452 g/mol. The van der Waals surface area contributed by atoms with E-state index in [1.165, 1.54) is 17.9 Å². The monoisotopic (exact) mass is 480 g/mol. The van der Waals surface area contributed by atoms with Gasteiger partial charge in [-0.15, -0.1) is 11.3 Å². The van der Waals surface area contributed by atoms with Crippen molar-refractivity contribution in [3.05, 3.63) is 41.8 Å². The first-order chi connectivity index (χ1) is 15.3. The summed E-state index contributed by atoms with van der Waals surface area (Å²) >= 11 is 1.07. The van der Waals surface area contributed by atoms with Gasteiger partial charge in [0, 0.05) is 31.0 Å². The number of nitrogens with zero attached hydrogens (tertiary/aromatic N) is 2. The van der Waals surface area contributed by atoms with Crippen LogP contribution in [0.5, 0.6) is 0 Å².